The van der Waals surface area contributed by atoms with Crippen molar-refractivity contribution in [2.24, 2.45) is 0 Å². The number of nitrogens with two attached hydrogens (primary N) is 1. The number of nitrogen functional groups attached to an aromatic ring is 1. The summed E-state index contributed by atoms with van der Waals surface area (Å²) in [5.74, 6) is -0.889. The summed E-state index contributed by atoms with van der Waals surface area (Å²) in [5.41, 5.74) is 7.09. The SMILES string of the molecule is COCCN(CC(=O)O)c1ccccc1N. The molecule has 0 heterocycles. The number of methoxy groups -OCH3 is 1. The molecule has 3 N–H and O–H groups in total. The van der Waals surface area contributed by atoms with E-state index in [0.717, 1.165) is 5.69 Å². The normalized spacial score (nSPS) is 10.1. The van der Waals surface area contributed by atoms with Gasteiger partial charge in [0.05, 0.1) is 18.0 Å². The summed E-state index contributed by atoms with van der Waals surface area (Å²) in [7, 11) is 1.58. The third kappa shape index (κ3) is 3.43. The molecule has 16 heavy (non-hydrogen) atoms. The Bertz CT molecular complexity index is 355. The van der Waals surface area contributed by atoms with E-state index in [1.807, 2.05) is 12.1 Å². The molecule has 0 aromatic heterocycles. The number of nitrogens with zero attached hydrogens (tertiary/aromatic N) is 1. The Morgan fingerprint density at radius 2 is 2.19 bits per heavy atom. The van der Waals surface area contributed by atoms with Gasteiger partial charge in [0.15, 0.2) is 0 Å². The molecule has 5 heteroatoms. The highest BCUT2D eigenvalue weighted by Gasteiger charge is 2.12. The van der Waals surface area contributed by atoms with Crippen LogP contribution >= 0.6 is 0 Å². The van der Waals surface area contributed by atoms with E-state index in [-0.39, 0.29) is 6.54 Å². The van der Waals surface area contributed by atoms with Gasteiger partial charge in [0.25, 0.3) is 0 Å². The van der Waals surface area contributed by atoms with Gasteiger partial charge in [0, 0.05) is 13.7 Å². The number of carboxylic acids is 1. The molecule has 0 aliphatic rings. The monoisotopic (exact) mass is 224 g/mol. The lowest BCUT2D eigenvalue weighted by Gasteiger charge is -2.23. The van der Waals surface area contributed by atoms with Gasteiger partial charge in [0.2, 0.25) is 0 Å². The van der Waals surface area contributed by atoms with Gasteiger partial charge in [-0.3, -0.25) is 4.79 Å². The molecule has 5 nitrogen and oxygen atoms in total. The largest absolute Gasteiger partial charge is 0.480 e. The first kappa shape index (κ1) is 12.3. The molecule has 0 atom stereocenters. The molecule has 0 fully saturated rings. The number of hydrogen-bond donors (Lipinski definition) is 2. The molecule has 1 aromatic carbocycles. The lowest BCUT2D eigenvalue weighted by Crippen LogP contribution is -2.33. The molecule has 0 spiro atoms. The molecule has 88 valence electrons. The van der Waals surface area contributed by atoms with Gasteiger partial charge in [-0.2, -0.15) is 0 Å². The van der Waals surface area contributed by atoms with Crippen molar-refractivity contribution in [2.45, 2.75) is 0 Å². The summed E-state index contributed by atoms with van der Waals surface area (Å²) in [6, 6.07) is 7.19. The second-order valence-electron chi connectivity index (χ2n) is 3.37. The fourth-order valence-electron chi connectivity index (χ4n) is 1.42. The van der Waals surface area contributed by atoms with Gasteiger partial charge in [-0.15, -0.1) is 0 Å². The zero-order valence-corrected chi connectivity index (χ0v) is 9.22. The molecule has 0 radical (unpaired) electrons. The van der Waals surface area contributed by atoms with Crippen LogP contribution in [-0.2, 0) is 9.53 Å². The number of aliphatic carboxylic acids is 1. The number of ether oxygens (including phenoxy) is 1. The van der Waals surface area contributed by atoms with Crippen molar-refractivity contribution in [1.82, 2.24) is 0 Å². The van der Waals surface area contributed by atoms with E-state index in [1.54, 1.807) is 24.1 Å². The molecule has 0 amide bonds. The Labute approximate surface area is 94.4 Å². The van der Waals surface area contributed by atoms with E-state index >= 15 is 0 Å². The van der Waals surface area contributed by atoms with Crippen LogP contribution in [0.15, 0.2) is 24.3 Å². The second-order valence-corrected chi connectivity index (χ2v) is 3.37. The predicted octanol–water partition coefficient (Wildman–Crippen LogP) is 0.806. The Morgan fingerprint density at radius 3 is 2.75 bits per heavy atom. The molecule has 1 aromatic rings. The summed E-state index contributed by atoms with van der Waals surface area (Å²) >= 11 is 0. The third-order valence-corrected chi connectivity index (χ3v) is 2.17. The highest BCUT2D eigenvalue weighted by molar-refractivity contribution is 5.77. The lowest BCUT2D eigenvalue weighted by molar-refractivity contribution is -0.135. The standard InChI is InChI=1S/C11H16N2O3/c1-16-7-6-13(8-11(14)15)10-5-3-2-4-9(10)12/h2-5H,6-8,12H2,1H3,(H,14,15). The van der Waals surface area contributed by atoms with Crippen molar-refractivity contribution >= 4 is 17.3 Å². The molecule has 0 saturated carbocycles. The minimum absolute atomic E-state index is 0.0857. The fourth-order valence-corrected chi connectivity index (χ4v) is 1.42. The van der Waals surface area contributed by atoms with E-state index in [2.05, 4.69) is 0 Å². The van der Waals surface area contributed by atoms with Crippen LogP contribution in [0.3, 0.4) is 0 Å². The number of anilines is 2. The van der Waals surface area contributed by atoms with Gasteiger partial charge >= 0.3 is 5.97 Å². The van der Waals surface area contributed by atoms with Crippen molar-refractivity contribution in [2.75, 3.05) is 37.4 Å². The third-order valence-electron chi connectivity index (χ3n) is 2.17. The van der Waals surface area contributed by atoms with Crippen molar-refractivity contribution in [3.05, 3.63) is 24.3 Å². The Hall–Kier alpha value is -1.75. The smallest absolute Gasteiger partial charge is 0.323 e. The van der Waals surface area contributed by atoms with Crippen LogP contribution < -0.4 is 10.6 Å². The molecule has 0 unspecified atom stereocenters. The van der Waals surface area contributed by atoms with Crippen molar-refractivity contribution in [1.29, 1.82) is 0 Å². The second kappa shape index (κ2) is 5.97. The topological polar surface area (TPSA) is 75.8 Å². The van der Waals surface area contributed by atoms with Crippen LogP contribution in [0.2, 0.25) is 0 Å². The van der Waals surface area contributed by atoms with E-state index in [4.69, 9.17) is 15.6 Å². The maximum Gasteiger partial charge on any atom is 0.323 e. The number of benzene rings is 1. The van der Waals surface area contributed by atoms with Crippen LogP contribution in [0.5, 0.6) is 0 Å². The van der Waals surface area contributed by atoms with Gasteiger partial charge in [-0.25, -0.2) is 0 Å². The summed E-state index contributed by atoms with van der Waals surface area (Å²) in [6.45, 7) is 0.871. The van der Waals surface area contributed by atoms with E-state index < -0.39 is 5.97 Å². The zero-order valence-electron chi connectivity index (χ0n) is 9.22. The minimum atomic E-state index is -0.889. The molecule has 0 aliphatic carbocycles. The number of carbonyl (C=O) groups is 1. The van der Waals surface area contributed by atoms with Crippen molar-refractivity contribution in [3.63, 3.8) is 0 Å². The highest BCUT2D eigenvalue weighted by Crippen LogP contribution is 2.21. The first-order valence-corrected chi connectivity index (χ1v) is 4.95. The number of para-hydroxylation sites is 2. The average molecular weight is 224 g/mol. The van der Waals surface area contributed by atoms with Crippen LogP contribution in [-0.4, -0.2) is 37.9 Å². The molecule has 0 bridgehead atoms. The molecule has 0 saturated heterocycles. The molecular weight excluding hydrogens is 208 g/mol. The first-order valence-electron chi connectivity index (χ1n) is 4.95. The molecule has 1 rings (SSSR count). The summed E-state index contributed by atoms with van der Waals surface area (Å²) in [4.78, 5) is 12.4. The first-order chi connectivity index (χ1) is 7.65. The maximum absolute atomic E-state index is 10.7. The van der Waals surface area contributed by atoms with Crippen LogP contribution in [0, 0.1) is 0 Å². The highest BCUT2D eigenvalue weighted by atomic mass is 16.5. The van der Waals surface area contributed by atoms with Crippen LogP contribution in [0.25, 0.3) is 0 Å². The van der Waals surface area contributed by atoms with E-state index in [9.17, 15) is 4.79 Å². The van der Waals surface area contributed by atoms with Gasteiger partial charge < -0.3 is 20.5 Å². The number of rotatable bonds is 6. The minimum Gasteiger partial charge on any atom is -0.480 e. The Kier molecular flexibility index (Phi) is 4.60. The van der Waals surface area contributed by atoms with Crippen LogP contribution in [0.1, 0.15) is 0 Å². The van der Waals surface area contributed by atoms with E-state index in [0.29, 0.717) is 18.8 Å². The summed E-state index contributed by atoms with van der Waals surface area (Å²) in [6.07, 6.45) is 0. The number of hydrogen-bond acceptors (Lipinski definition) is 4. The fraction of sp³-hybridized carbons (Fsp3) is 0.364. The van der Waals surface area contributed by atoms with Crippen LogP contribution in [0.4, 0.5) is 11.4 Å². The van der Waals surface area contributed by atoms with Gasteiger partial charge in [-0.05, 0) is 12.1 Å². The van der Waals surface area contributed by atoms with Gasteiger partial charge in [0.1, 0.15) is 6.54 Å². The van der Waals surface area contributed by atoms with E-state index in [1.165, 1.54) is 0 Å². The molecule has 0 aliphatic heterocycles. The Morgan fingerprint density at radius 1 is 1.50 bits per heavy atom. The summed E-state index contributed by atoms with van der Waals surface area (Å²) in [5, 5.41) is 8.81. The molecular formula is C11H16N2O3. The quantitative estimate of drug-likeness (QED) is 0.699. The predicted molar refractivity (Wildman–Crippen MR) is 62.6 cm³/mol. The van der Waals surface area contributed by atoms with Crippen molar-refractivity contribution in [3.8, 4) is 0 Å². The average Bonchev–Trinajstić information content (AvgIpc) is 2.24. The zero-order chi connectivity index (χ0) is 12.0. The maximum atomic E-state index is 10.7. The Balaban J connectivity index is 2.82. The van der Waals surface area contributed by atoms with Gasteiger partial charge in [-0.1, -0.05) is 12.1 Å². The number of carboxylic acid groups (broad SMARTS) is 1. The van der Waals surface area contributed by atoms with Crippen molar-refractivity contribution < 1.29 is 14.6 Å². The summed E-state index contributed by atoms with van der Waals surface area (Å²) < 4.78 is 4.94. The lowest BCUT2D eigenvalue weighted by atomic mass is 10.2.